The van der Waals surface area contributed by atoms with Gasteiger partial charge in [-0.25, -0.2) is 18.2 Å². The van der Waals surface area contributed by atoms with E-state index in [0.29, 0.717) is 13.1 Å². The molecule has 0 spiro atoms. The normalized spacial score (nSPS) is 15.9. The molecule has 1 aliphatic rings. The summed E-state index contributed by atoms with van der Waals surface area (Å²) >= 11 is 0. The fourth-order valence-electron chi connectivity index (χ4n) is 2.92. The molecule has 1 amide bonds. The standard InChI is InChI=1S/C16H25N5O3S/c1-4-11-20(12-5-2)16(22)21-13-17-15(18-21)25(23,24)19(3)14-9-7-6-8-10-14/h4-5,13-14H,1-2,6-12H2,3H3. The number of sulfonamides is 1. The summed E-state index contributed by atoms with van der Waals surface area (Å²) in [5, 5.41) is 3.54. The van der Waals surface area contributed by atoms with Crippen molar-refractivity contribution in [3.8, 4) is 0 Å². The lowest BCUT2D eigenvalue weighted by atomic mass is 9.96. The van der Waals surface area contributed by atoms with Crippen molar-refractivity contribution in [3.05, 3.63) is 31.6 Å². The van der Waals surface area contributed by atoms with Crippen LogP contribution in [0.5, 0.6) is 0 Å². The first-order valence-electron chi connectivity index (χ1n) is 8.32. The monoisotopic (exact) mass is 367 g/mol. The third-order valence-corrected chi connectivity index (χ3v) is 6.04. The lowest BCUT2D eigenvalue weighted by Gasteiger charge is -2.29. The summed E-state index contributed by atoms with van der Waals surface area (Å²) in [5.74, 6) is 0. The lowest BCUT2D eigenvalue weighted by Crippen LogP contribution is -2.39. The molecule has 2 rings (SSSR count). The van der Waals surface area contributed by atoms with E-state index in [1.54, 1.807) is 19.2 Å². The van der Waals surface area contributed by atoms with Crippen LogP contribution in [0.3, 0.4) is 0 Å². The molecule has 138 valence electrons. The molecule has 1 heterocycles. The Hall–Kier alpha value is -2.00. The van der Waals surface area contributed by atoms with Crippen molar-refractivity contribution in [2.75, 3.05) is 20.1 Å². The van der Waals surface area contributed by atoms with Gasteiger partial charge in [-0.05, 0) is 12.8 Å². The summed E-state index contributed by atoms with van der Waals surface area (Å²) < 4.78 is 27.7. The van der Waals surface area contributed by atoms with Crippen molar-refractivity contribution in [2.24, 2.45) is 0 Å². The first-order chi connectivity index (χ1) is 11.9. The Bertz CT molecular complexity index is 712. The highest BCUT2D eigenvalue weighted by Crippen LogP contribution is 2.25. The second kappa shape index (κ2) is 8.39. The number of rotatable bonds is 7. The molecular weight excluding hydrogens is 342 g/mol. The highest BCUT2D eigenvalue weighted by Gasteiger charge is 2.32. The molecule has 8 nitrogen and oxygen atoms in total. The van der Waals surface area contributed by atoms with Gasteiger partial charge in [-0.2, -0.15) is 8.99 Å². The van der Waals surface area contributed by atoms with Crippen molar-refractivity contribution < 1.29 is 13.2 Å². The number of carbonyl (C=O) groups excluding carboxylic acids is 1. The van der Waals surface area contributed by atoms with Gasteiger partial charge < -0.3 is 4.90 Å². The smallest absolute Gasteiger partial charge is 0.315 e. The van der Waals surface area contributed by atoms with Crippen LogP contribution in [0, 0.1) is 0 Å². The van der Waals surface area contributed by atoms with Crippen LogP contribution in [0.25, 0.3) is 0 Å². The number of amides is 1. The van der Waals surface area contributed by atoms with Crippen LogP contribution in [0.15, 0.2) is 36.8 Å². The van der Waals surface area contributed by atoms with Gasteiger partial charge in [0.05, 0.1) is 0 Å². The molecule has 1 aromatic heterocycles. The fourth-order valence-corrected chi connectivity index (χ4v) is 4.15. The van der Waals surface area contributed by atoms with E-state index in [9.17, 15) is 13.2 Å². The third kappa shape index (κ3) is 4.35. The van der Waals surface area contributed by atoms with Crippen LogP contribution in [0.4, 0.5) is 4.79 Å². The van der Waals surface area contributed by atoms with Crippen LogP contribution in [0.2, 0.25) is 0 Å². The van der Waals surface area contributed by atoms with E-state index in [0.717, 1.165) is 43.1 Å². The summed E-state index contributed by atoms with van der Waals surface area (Å²) in [6.07, 6.45) is 9.12. The van der Waals surface area contributed by atoms with Crippen LogP contribution < -0.4 is 0 Å². The molecule has 1 fully saturated rings. The molecule has 0 unspecified atom stereocenters. The topological polar surface area (TPSA) is 88.4 Å². The number of aromatic nitrogens is 3. The van der Waals surface area contributed by atoms with Gasteiger partial charge in [0.15, 0.2) is 0 Å². The van der Waals surface area contributed by atoms with E-state index >= 15 is 0 Å². The molecule has 25 heavy (non-hydrogen) atoms. The molecule has 0 N–H and O–H groups in total. The van der Waals surface area contributed by atoms with E-state index in [-0.39, 0.29) is 11.2 Å². The van der Waals surface area contributed by atoms with Crippen LogP contribution in [0.1, 0.15) is 32.1 Å². The van der Waals surface area contributed by atoms with Crippen molar-refractivity contribution in [2.45, 2.75) is 43.3 Å². The molecule has 1 aromatic rings. The zero-order valence-electron chi connectivity index (χ0n) is 14.5. The predicted molar refractivity (Wildman–Crippen MR) is 94.6 cm³/mol. The highest BCUT2D eigenvalue weighted by atomic mass is 32.2. The molecule has 1 saturated carbocycles. The van der Waals surface area contributed by atoms with Gasteiger partial charge in [0, 0.05) is 26.2 Å². The van der Waals surface area contributed by atoms with Crippen LogP contribution in [-0.4, -0.2) is 64.6 Å². The van der Waals surface area contributed by atoms with Gasteiger partial charge in [0.25, 0.3) is 15.2 Å². The summed E-state index contributed by atoms with van der Waals surface area (Å²) in [6.45, 7) is 7.81. The molecule has 0 aliphatic heterocycles. The Labute approximate surface area is 148 Å². The minimum absolute atomic E-state index is 0.0422. The molecule has 1 aliphatic carbocycles. The first-order valence-corrected chi connectivity index (χ1v) is 9.76. The maximum Gasteiger partial charge on any atom is 0.346 e. The average molecular weight is 367 g/mol. The summed E-state index contributed by atoms with van der Waals surface area (Å²) in [6, 6.07) is -0.520. The quantitative estimate of drug-likeness (QED) is 0.687. The Morgan fingerprint density at radius 2 is 1.88 bits per heavy atom. The highest BCUT2D eigenvalue weighted by molar-refractivity contribution is 7.88. The minimum Gasteiger partial charge on any atom is -0.315 e. The van der Waals surface area contributed by atoms with Crippen molar-refractivity contribution in [3.63, 3.8) is 0 Å². The van der Waals surface area contributed by atoms with Gasteiger partial charge in [0.2, 0.25) is 0 Å². The first kappa shape index (κ1) is 19.3. The summed E-state index contributed by atoms with van der Waals surface area (Å²) in [5.41, 5.74) is 0. The van der Waals surface area contributed by atoms with Crippen LogP contribution >= 0.6 is 0 Å². The molecule has 0 atom stereocenters. The Morgan fingerprint density at radius 3 is 2.44 bits per heavy atom. The second-order valence-corrected chi connectivity index (χ2v) is 7.94. The van der Waals surface area contributed by atoms with E-state index in [2.05, 4.69) is 23.2 Å². The van der Waals surface area contributed by atoms with Gasteiger partial charge in [-0.15, -0.1) is 18.3 Å². The Morgan fingerprint density at radius 1 is 1.28 bits per heavy atom. The number of carbonyl (C=O) groups is 1. The third-order valence-electron chi connectivity index (χ3n) is 4.34. The molecular formula is C16H25N5O3S. The zero-order valence-corrected chi connectivity index (χ0v) is 15.4. The molecule has 0 bridgehead atoms. The largest absolute Gasteiger partial charge is 0.346 e. The van der Waals surface area contributed by atoms with Gasteiger partial charge in [-0.1, -0.05) is 31.4 Å². The van der Waals surface area contributed by atoms with E-state index in [4.69, 9.17) is 0 Å². The summed E-state index contributed by atoms with van der Waals surface area (Å²) in [7, 11) is -2.27. The van der Waals surface area contributed by atoms with Gasteiger partial charge >= 0.3 is 6.03 Å². The van der Waals surface area contributed by atoms with Crippen LogP contribution in [-0.2, 0) is 10.0 Å². The van der Waals surface area contributed by atoms with Crippen molar-refractivity contribution >= 4 is 16.1 Å². The Balaban J connectivity index is 2.19. The van der Waals surface area contributed by atoms with Crippen molar-refractivity contribution in [1.82, 2.24) is 24.0 Å². The van der Waals surface area contributed by atoms with Gasteiger partial charge in [-0.3, -0.25) is 0 Å². The minimum atomic E-state index is -3.82. The maximum absolute atomic E-state index is 12.7. The molecule has 0 saturated heterocycles. The van der Waals surface area contributed by atoms with E-state index in [1.807, 2.05) is 0 Å². The zero-order chi connectivity index (χ0) is 18.4. The number of hydrogen-bond donors (Lipinski definition) is 0. The van der Waals surface area contributed by atoms with Gasteiger partial charge in [0.1, 0.15) is 6.33 Å². The lowest BCUT2D eigenvalue weighted by molar-refractivity contribution is 0.206. The van der Waals surface area contributed by atoms with E-state index in [1.165, 1.54) is 9.21 Å². The average Bonchev–Trinajstić information content (AvgIpc) is 3.12. The molecule has 9 heteroatoms. The summed E-state index contributed by atoms with van der Waals surface area (Å²) in [4.78, 5) is 17.7. The molecule has 0 radical (unpaired) electrons. The SMILES string of the molecule is C=CCN(CC=C)C(=O)n1cnc(S(=O)(=O)N(C)C2CCCCC2)n1. The van der Waals surface area contributed by atoms with E-state index < -0.39 is 16.1 Å². The van der Waals surface area contributed by atoms with Crippen molar-refractivity contribution in [1.29, 1.82) is 0 Å². The fraction of sp³-hybridized carbons (Fsp3) is 0.562. The number of nitrogens with zero attached hydrogens (tertiary/aromatic N) is 5. The molecule has 0 aromatic carbocycles. The number of hydrogen-bond acceptors (Lipinski definition) is 5. The second-order valence-electron chi connectivity index (χ2n) is 6.05. The maximum atomic E-state index is 12.7. The predicted octanol–water partition coefficient (Wildman–Crippen LogP) is 1.87. The Kier molecular flexibility index (Phi) is 6.49.